The molecule has 7 heteroatoms. The maximum Gasteiger partial charge on any atom is 0.227 e. The Morgan fingerprint density at radius 2 is 1.92 bits per heavy atom. The Morgan fingerprint density at radius 1 is 1.16 bits per heavy atom. The minimum absolute atomic E-state index is 0.0382. The summed E-state index contributed by atoms with van der Waals surface area (Å²) in [5.41, 5.74) is 0.635. The fraction of sp³-hybridized carbons (Fsp3) is 0.333. The van der Waals surface area contributed by atoms with E-state index in [9.17, 15) is 9.59 Å². The number of thiophene rings is 1. The van der Waals surface area contributed by atoms with Gasteiger partial charge in [0.1, 0.15) is 0 Å². The number of likely N-dealkylation sites (tertiary alicyclic amines) is 1. The van der Waals surface area contributed by atoms with Gasteiger partial charge in [-0.05, 0) is 42.5 Å². The summed E-state index contributed by atoms with van der Waals surface area (Å²) in [5.74, 6) is -0.00484. The van der Waals surface area contributed by atoms with Gasteiger partial charge in [0, 0.05) is 29.6 Å². The lowest BCUT2D eigenvalue weighted by atomic mass is 9.95. The molecule has 25 heavy (non-hydrogen) atoms. The van der Waals surface area contributed by atoms with Crippen LogP contribution in [0.1, 0.15) is 17.7 Å². The van der Waals surface area contributed by atoms with Crippen molar-refractivity contribution in [2.24, 2.45) is 5.92 Å². The van der Waals surface area contributed by atoms with E-state index in [0.717, 1.165) is 4.88 Å². The van der Waals surface area contributed by atoms with Crippen LogP contribution in [0.2, 0.25) is 10.0 Å². The van der Waals surface area contributed by atoms with Crippen molar-refractivity contribution in [3.05, 3.63) is 50.6 Å². The van der Waals surface area contributed by atoms with Crippen LogP contribution in [0.15, 0.2) is 35.7 Å². The van der Waals surface area contributed by atoms with Crippen LogP contribution in [0.5, 0.6) is 0 Å². The number of halogens is 2. The van der Waals surface area contributed by atoms with Gasteiger partial charge in [0.25, 0.3) is 0 Å². The van der Waals surface area contributed by atoms with E-state index in [-0.39, 0.29) is 17.7 Å². The standard InChI is InChI=1S/C18H18Cl2N2O2S/c19-15-4-3-13(10-16(15)20)21-18(24)12-5-7-22(8-6-12)17(23)11-14-2-1-9-25-14/h1-4,9-10,12H,5-8,11H2,(H,21,24). The van der Waals surface area contributed by atoms with Crippen LogP contribution in [0.4, 0.5) is 5.69 Å². The van der Waals surface area contributed by atoms with E-state index in [2.05, 4.69) is 5.32 Å². The number of nitrogens with one attached hydrogen (secondary N) is 1. The molecule has 0 radical (unpaired) electrons. The molecule has 1 N–H and O–H groups in total. The molecule has 1 aliphatic heterocycles. The summed E-state index contributed by atoms with van der Waals surface area (Å²) >= 11 is 13.4. The van der Waals surface area contributed by atoms with Crippen LogP contribution >= 0.6 is 34.5 Å². The summed E-state index contributed by atoms with van der Waals surface area (Å²) in [5, 5.41) is 5.72. The van der Waals surface area contributed by atoms with Crippen molar-refractivity contribution in [1.29, 1.82) is 0 Å². The fourth-order valence-electron chi connectivity index (χ4n) is 2.88. The number of piperidine rings is 1. The molecular formula is C18H18Cl2N2O2S. The van der Waals surface area contributed by atoms with E-state index < -0.39 is 0 Å². The van der Waals surface area contributed by atoms with Gasteiger partial charge in [-0.2, -0.15) is 0 Å². The molecule has 132 valence electrons. The monoisotopic (exact) mass is 396 g/mol. The fourth-order valence-corrected chi connectivity index (χ4v) is 3.88. The molecule has 0 saturated carbocycles. The number of hydrogen-bond donors (Lipinski definition) is 1. The van der Waals surface area contributed by atoms with E-state index in [4.69, 9.17) is 23.2 Å². The van der Waals surface area contributed by atoms with Crippen molar-refractivity contribution < 1.29 is 9.59 Å². The summed E-state index contributed by atoms with van der Waals surface area (Å²) in [6.45, 7) is 1.23. The van der Waals surface area contributed by atoms with E-state index in [1.54, 1.807) is 29.5 Å². The summed E-state index contributed by atoms with van der Waals surface area (Å²) in [6.07, 6.45) is 1.78. The Morgan fingerprint density at radius 3 is 2.56 bits per heavy atom. The molecule has 2 amide bonds. The quantitative estimate of drug-likeness (QED) is 0.828. The second-order valence-corrected chi connectivity index (χ2v) is 7.88. The third-order valence-corrected chi connectivity index (χ3v) is 5.93. The molecular weight excluding hydrogens is 379 g/mol. The van der Waals surface area contributed by atoms with Crippen molar-refractivity contribution in [3.8, 4) is 0 Å². The van der Waals surface area contributed by atoms with Crippen LogP contribution in [0.3, 0.4) is 0 Å². The molecule has 2 aromatic rings. The number of anilines is 1. The molecule has 0 aliphatic carbocycles. The van der Waals surface area contributed by atoms with Crippen LogP contribution in [0, 0.1) is 5.92 Å². The predicted octanol–water partition coefficient (Wildman–Crippen LogP) is 4.47. The first-order valence-electron chi connectivity index (χ1n) is 8.09. The lowest BCUT2D eigenvalue weighted by Gasteiger charge is -2.31. The van der Waals surface area contributed by atoms with Crippen molar-refractivity contribution in [1.82, 2.24) is 4.90 Å². The highest BCUT2D eigenvalue weighted by molar-refractivity contribution is 7.10. The highest BCUT2D eigenvalue weighted by Crippen LogP contribution is 2.26. The molecule has 2 heterocycles. The Bertz CT molecular complexity index is 756. The molecule has 0 unspecified atom stereocenters. The van der Waals surface area contributed by atoms with Gasteiger partial charge in [-0.25, -0.2) is 0 Å². The van der Waals surface area contributed by atoms with Crippen molar-refractivity contribution in [2.75, 3.05) is 18.4 Å². The first-order valence-corrected chi connectivity index (χ1v) is 9.72. The summed E-state index contributed by atoms with van der Waals surface area (Å²) in [6, 6.07) is 8.95. The molecule has 1 aliphatic rings. The number of carbonyl (C=O) groups is 2. The smallest absolute Gasteiger partial charge is 0.227 e. The zero-order valence-corrected chi connectivity index (χ0v) is 15.8. The van der Waals surface area contributed by atoms with E-state index in [0.29, 0.717) is 48.1 Å². The van der Waals surface area contributed by atoms with Gasteiger partial charge in [-0.3, -0.25) is 9.59 Å². The maximum atomic E-state index is 12.4. The number of carbonyl (C=O) groups excluding carboxylic acids is 2. The van der Waals surface area contributed by atoms with E-state index in [1.165, 1.54) is 0 Å². The lowest BCUT2D eigenvalue weighted by molar-refractivity contribution is -0.133. The maximum absolute atomic E-state index is 12.4. The van der Waals surface area contributed by atoms with Crippen LogP contribution in [0.25, 0.3) is 0 Å². The summed E-state index contributed by atoms with van der Waals surface area (Å²) < 4.78 is 0. The largest absolute Gasteiger partial charge is 0.342 e. The second kappa shape index (κ2) is 8.21. The van der Waals surface area contributed by atoms with Gasteiger partial charge >= 0.3 is 0 Å². The van der Waals surface area contributed by atoms with Gasteiger partial charge in [0.05, 0.1) is 16.5 Å². The number of hydrogen-bond acceptors (Lipinski definition) is 3. The minimum Gasteiger partial charge on any atom is -0.342 e. The lowest BCUT2D eigenvalue weighted by Crippen LogP contribution is -2.42. The van der Waals surface area contributed by atoms with Crippen LogP contribution in [-0.2, 0) is 16.0 Å². The molecule has 0 bridgehead atoms. The predicted molar refractivity (Wildman–Crippen MR) is 102 cm³/mol. The number of benzene rings is 1. The Hall–Kier alpha value is -1.56. The van der Waals surface area contributed by atoms with Gasteiger partial charge in [-0.1, -0.05) is 29.3 Å². The molecule has 1 fully saturated rings. The minimum atomic E-state index is -0.0970. The molecule has 0 atom stereocenters. The van der Waals surface area contributed by atoms with Gasteiger partial charge in [0.15, 0.2) is 0 Å². The van der Waals surface area contributed by atoms with Gasteiger partial charge in [0.2, 0.25) is 11.8 Å². The Balaban J connectivity index is 1.50. The Labute approximate surface area is 160 Å². The zero-order chi connectivity index (χ0) is 17.8. The van der Waals surface area contributed by atoms with E-state index in [1.807, 2.05) is 22.4 Å². The van der Waals surface area contributed by atoms with E-state index >= 15 is 0 Å². The average molecular weight is 397 g/mol. The highest BCUT2D eigenvalue weighted by Gasteiger charge is 2.27. The molecule has 0 spiro atoms. The molecule has 1 saturated heterocycles. The van der Waals surface area contributed by atoms with Crippen molar-refractivity contribution in [3.63, 3.8) is 0 Å². The van der Waals surface area contributed by atoms with Gasteiger partial charge < -0.3 is 10.2 Å². The molecule has 3 rings (SSSR count). The first-order chi connectivity index (χ1) is 12.0. The molecule has 4 nitrogen and oxygen atoms in total. The number of nitrogens with zero attached hydrogens (tertiary/aromatic N) is 1. The molecule has 1 aromatic carbocycles. The normalized spacial score (nSPS) is 15.2. The summed E-state index contributed by atoms with van der Waals surface area (Å²) in [4.78, 5) is 27.6. The average Bonchev–Trinajstić information content (AvgIpc) is 3.11. The van der Waals surface area contributed by atoms with Crippen molar-refractivity contribution in [2.45, 2.75) is 19.3 Å². The molecule has 1 aromatic heterocycles. The second-order valence-electron chi connectivity index (χ2n) is 6.03. The van der Waals surface area contributed by atoms with Crippen LogP contribution < -0.4 is 5.32 Å². The SMILES string of the molecule is O=C(Nc1ccc(Cl)c(Cl)c1)C1CCN(C(=O)Cc2cccs2)CC1. The number of amides is 2. The van der Waals surface area contributed by atoms with Crippen molar-refractivity contribution >= 4 is 52.0 Å². The zero-order valence-electron chi connectivity index (χ0n) is 13.5. The third-order valence-electron chi connectivity index (χ3n) is 4.31. The number of rotatable bonds is 4. The summed E-state index contributed by atoms with van der Waals surface area (Å²) in [7, 11) is 0. The first kappa shape index (κ1) is 18.2. The van der Waals surface area contributed by atoms with Crippen LogP contribution in [-0.4, -0.2) is 29.8 Å². The highest BCUT2D eigenvalue weighted by atomic mass is 35.5. The topological polar surface area (TPSA) is 49.4 Å². The Kier molecular flexibility index (Phi) is 5.99. The third kappa shape index (κ3) is 4.75. The van der Waals surface area contributed by atoms with Gasteiger partial charge in [-0.15, -0.1) is 11.3 Å².